The number of carboxylic acids is 1. The lowest BCUT2D eigenvalue weighted by atomic mass is 9.92. The zero-order valence-electron chi connectivity index (χ0n) is 8.48. The fourth-order valence-corrected chi connectivity index (χ4v) is 2.55. The van der Waals surface area contributed by atoms with Gasteiger partial charge in [0, 0.05) is 10.9 Å². The molecule has 0 saturated heterocycles. The fourth-order valence-electron chi connectivity index (χ4n) is 1.77. The minimum absolute atomic E-state index is 0.00667. The molecule has 1 atom stereocenters. The van der Waals surface area contributed by atoms with Gasteiger partial charge in [-0.3, -0.25) is 4.79 Å². The Labute approximate surface area is 93.1 Å². The summed E-state index contributed by atoms with van der Waals surface area (Å²) in [5.41, 5.74) is 0. The highest BCUT2D eigenvalue weighted by Crippen LogP contribution is 2.27. The van der Waals surface area contributed by atoms with Crippen LogP contribution in [-0.4, -0.2) is 17.1 Å². The van der Waals surface area contributed by atoms with Gasteiger partial charge in [0.05, 0.1) is 12.5 Å². The first-order valence-electron chi connectivity index (χ1n) is 5.27. The van der Waals surface area contributed by atoms with E-state index in [9.17, 15) is 4.79 Å². The highest BCUT2D eigenvalue weighted by molar-refractivity contribution is 7.10. The summed E-state index contributed by atoms with van der Waals surface area (Å²) in [5.74, 6) is -0.736. The number of carbonyl (C=O) groups is 1. The molecule has 2 N–H and O–H groups in total. The Morgan fingerprint density at radius 2 is 2.47 bits per heavy atom. The summed E-state index contributed by atoms with van der Waals surface area (Å²) in [6.07, 6.45) is 3.81. The number of hydrogen-bond donors (Lipinski definition) is 2. The highest BCUT2D eigenvalue weighted by Gasteiger charge is 2.24. The van der Waals surface area contributed by atoms with Gasteiger partial charge in [-0.1, -0.05) is 12.5 Å². The van der Waals surface area contributed by atoms with E-state index in [4.69, 9.17) is 5.11 Å². The van der Waals surface area contributed by atoms with E-state index in [-0.39, 0.29) is 12.5 Å². The number of carboxylic acid groups (broad SMARTS) is 1. The van der Waals surface area contributed by atoms with Gasteiger partial charge in [-0.05, 0) is 24.3 Å². The zero-order valence-corrected chi connectivity index (χ0v) is 9.30. The van der Waals surface area contributed by atoms with Crippen molar-refractivity contribution in [2.45, 2.75) is 37.8 Å². The van der Waals surface area contributed by atoms with Crippen LogP contribution in [0.4, 0.5) is 0 Å². The summed E-state index contributed by atoms with van der Waals surface area (Å²) in [6, 6.07) is 4.49. The van der Waals surface area contributed by atoms with E-state index in [0.717, 1.165) is 4.88 Å². The van der Waals surface area contributed by atoms with Crippen molar-refractivity contribution in [1.29, 1.82) is 0 Å². The average molecular weight is 225 g/mol. The quantitative estimate of drug-likeness (QED) is 0.809. The maximum absolute atomic E-state index is 10.8. The Balaban J connectivity index is 1.98. The normalized spacial score (nSPS) is 18.4. The summed E-state index contributed by atoms with van der Waals surface area (Å²) in [6.45, 7) is 0. The molecule has 0 amide bonds. The Morgan fingerprint density at radius 1 is 1.67 bits per heavy atom. The van der Waals surface area contributed by atoms with Gasteiger partial charge in [-0.15, -0.1) is 11.3 Å². The summed E-state index contributed by atoms with van der Waals surface area (Å²) in [4.78, 5) is 11.9. The smallest absolute Gasteiger partial charge is 0.305 e. The first-order chi connectivity index (χ1) is 7.25. The average Bonchev–Trinajstić information content (AvgIpc) is 2.60. The molecule has 82 valence electrons. The predicted molar refractivity (Wildman–Crippen MR) is 60.1 cm³/mol. The first-order valence-corrected chi connectivity index (χ1v) is 6.15. The second-order valence-corrected chi connectivity index (χ2v) is 4.94. The lowest BCUT2D eigenvalue weighted by Crippen LogP contribution is -2.38. The van der Waals surface area contributed by atoms with E-state index in [2.05, 4.69) is 5.32 Å². The lowest BCUT2D eigenvalue weighted by molar-refractivity contribution is -0.137. The number of aliphatic carboxylic acids is 1. The van der Waals surface area contributed by atoms with Crippen molar-refractivity contribution in [2.24, 2.45) is 0 Å². The third-order valence-electron chi connectivity index (χ3n) is 2.81. The number of rotatable bonds is 5. The number of thiophene rings is 1. The SMILES string of the molecule is O=C(O)CC(NC1CCC1)c1cccs1. The molecule has 0 radical (unpaired) electrons. The summed E-state index contributed by atoms with van der Waals surface area (Å²) in [5, 5.41) is 14.3. The molecule has 1 fully saturated rings. The Hall–Kier alpha value is -0.870. The molecule has 1 saturated carbocycles. The number of nitrogens with one attached hydrogen (secondary N) is 1. The molecule has 1 heterocycles. The second kappa shape index (κ2) is 4.77. The summed E-state index contributed by atoms with van der Waals surface area (Å²) < 4.78 is 0. The van der Waals surface area contributed by atoms with E-state index in [0.29, 0.717) is 6.04 Å². The van der Waals surface area contributed by atoms with Crippen molar-refractivity contribution in [3.63, 3.8) is 0 Å². The van der Waals surface area contributed by atoms with Crippen molar-refractivity contribution in [1.82, 2.24) is 5.32 Å². The molecule has 4 heteroatoms. The minimum atomic E-state index is -0.736. The van der Waals surface area contributed by atoms with Gasteiger partial charge in [0.25, 0.3) is 0 Å². The predicted octanol–water partition coefficient (Wildman–Crippen LogP) is 2.41. The molecule has 15 heavy (non-hydrogen) atoms. The molecule has 0 bridgehead atoms. The van der Waals surface area contributed by atoms with Crippen LogP contribution in [0.3, 0.4) is 0 Å². The fraction of sp³-hybridized carbons (Fsp3) is 0.545. The Morgan fingerprint density at radius 3 is 2.93 bits per heavy atom. The molecule has 3 nitrogen and oxygen atoms in total. The van der Waals surface area contributed by atoms with Crippen molar-refractivity contribution < 1.29 is 9.90 Å². The topological polar surface area (TPSA) is 49.3 Å². The van der Waals surface area contributed by atoms with Crippen LogP contribution in [0.1, 0.15) is 36.6 Å². The van der Waals surface area contributed by atoms with Crippen LogP contribution in [0.2, 0.25) is 0 Å². The molecule has 1 unspecified atom stereocenters. The Kier molecular flexibility index (Phi) is 3.38. The van der Waals surface area contributed by atoms with E-state index >= 15 is 0 Å². The molecule has 0 aromatic carbocycles. The molecule has 1 aromatic heterocycles. The van der Waals surface area contributed by atoms with Crippen molar-refractivity contribution >= 4 is 17.3 Å². The highest BCUT2D eigenvalue weighted by atomic mass is 32.1. The van der Waals surface area contributed by atoms with E-state index in [1.54, 1.807) is 11.3 Å². The molecular weight excluding hydrogens is 210 g/mol. The maximum atomic E-state index is 10.8. The van der Waals surface area contributed by atoms with Crippen LogP contribution < -0.4 is 5.32 Å². The van der Waals surface area contributed by atoms with Crippen LogP contribution >= 0.6 is 11.3 Å². The summed E-state index contributed by atoms with van der Waals surface area (Å²) in [7, 11) is 0. The van der Waals surface area contributed by atoms with Crippen LogP contribution in [0.15, 0.2) is 17.5 Å². The van der Waals surface area contributed by atoms with E-state index < -0.39 is 5.97 Å². The molecule has 1 aliphatic rings. The lowest BCUT2D eigenvalue weighted by Gasteiger charge is -2.30. The first kappa shape index (κ1) is 10.6. The zero-order chi connectivity index (χ0) is 10.7. The van der Waals surface area contributed by atoms with Gasteiger partial charge in [0.1, 0.15) is 0 Å². The van der Waals surface area contributed by atoms with Crippen molar-refractivity contribution in [2.75, 3.05) is 0 Å². The second-order valence-electron chi connectivity index (χ2n) is 3.96. The molecule has 0 aliphatic heterocycles. The minimum Gasteiger partial charge on any atom is -0.481 e. The van der Waals surface area contributed by atoms with Gasteiger partial charge < -0.3 is 10.4 Å². The van der Waals surface area contributed by atoms with Gasteiger partial charge in [-0.25, -0.2) is 0 Å². The largest absolute Gasteiger partial charge is 0.481 e. The van der Waals surface area contributed by atoms with E-state index in [1.807, 2.05) is 17.5 Å². The number of hydrogen-bond acceptors (Lipinski definition) is 3. The van der Waals surface area contributed by atoms with Gasteiger partial charge >= 0.3 is 5.97 Å². The van der Waals surface area contributed by atoms with Crippen molar-refractivity contribution in [3.05, 3.63) is 22.4 Å². The molecule has 1 aromatic rings. The van der Waals surface area contributed by atoms with Gasteiger partial charge in [0.2, 0.25) is 0 Å². The standard InChI is InChI=1S/C11H15NO2S/c13-11(14)7-9(10-5-2-6-15-10)12-8-3-1-4-8/h2,5-6,8-9,12H,1,3-4,7H2,(H,13,14). The molecular formula is C11H15NO2S. The van der Waals surface area contributed by atoms with Crippen molar-refractivity contribution in [3.8, 4) is 0 Å². The van der Waals surface area contributed by atoms with Crippen LogP contribution in [0.25, 0.3) is 0 Å². The maximum Gasteiger partial charge on any atom is 0.305 e. The molecule has 1 aliphatic carbocycles. The Bertz CT molecular complexity index is 319. The van der Waals surface area contributed by atoms with Crippen LogP contribution in [0.5, 0.6) is 0 Å². The molecule has 2 rings (SSSR count). The third-order valence-corrected chi connectivity index (χ3v) is 3.79. The summed E-state index contributed by atoms with van der Waals surface area (Å²) >= 11 is 1.62. The van der Waals surface area contributed by atoms with E-state index in [1.165, 1.54) is 19.3 Å². The third kappa shape index (κ3) is 2.79. The van der Waals surface area contributed by atoms with Crippen LogP contribution in [0, 0.1) is 0 Å². The monoisotopic (exact) mass is 225 g/mol. The molecule has 0 spiro atoms. The van der Waals surface area contributed by atoms with Crippen LogP contribution in [-0.2, 0) is 4.79 Å². The van der Waals surface area contributed by atoms with Gasteiger partial charge in [0.15, 0.2) is 0 Å². The van der Waals surface area contributed by atoms with Gasteiger partial charge in [-0.2, -0.15) is 0 Å².